The predicted octanol–water partition coefficient (Wildman–Crippen LogP) is 0.517. The molecule has 0 aliphatic heterocycles. The summed E-state index contributed by atoms with van der Waals surface area (Å²) in [5.41, 5.74) is 2.59. The minimum Gasteiger partial charge on any atom is -0.376 e. The van der Waals surface area contributed by atoms with Gasteiger partial charge in [-0.1, -0.05) is 12.8 Å². The third-order valence-corrected chi connectivity index (χ3v) is 3.07. The zero-order valence-electron chi connectivity index (χ0n) is 9.74. The van der Waals surface area contributed by atoms with Gasteiger partial charge in [0, 0.05) is 6.04 Å². The van der Waals surface area contributed by atoms with Gasteiger partial charge in [0.1, 0.15) is 0 Å². The second kappa shape index (κ2) is 6.06. The molecule has 16 heavy (non-hydrogen) atoms. The highest BCUT2D eigenvalue weighted by atomic mass is 16.5. The average molecular weight is 226 g/mol. The van der Waals surface area contributed by atoms with E-state index < -0.39 is 0 Å². The molecular formula is C11H22N4O. The lowest BCUT2D eigenvalue weighted by atomic mass is 10.3. The maximum Gasteiger partial charge on any atom is 0.206 e. The van der Waals surface area contributed by atoms with Gasteiger partial charge in [0.15, 0.2) is 0 Å². The summed E-state index contributed by atoms with van der Waals surface area (Å²) in [4.78, 5) is 4.33. The van der Waals surface area contributed by atoms with E-state index in [1.165, 1.54) is 38.5 Å². The zero-order valence-corrected chi connectivity index (χ0v) is 9.74. The van der Waals surface area contributed by atoms with Crippen LogP contribution in [0.2, 0.25) is 0 Å². The molecule has 0 amide bonds. The van der Waals surface area contributed by atoms with Gasteiger partial charge in [-0.2, -0.15) is 0 Å². The van der Waals surface area contributed by atoms with Crippen molar-refractivity contribution in [2.24, 2.45) is 10.8 Å². The molecule has 0 aromatic rings. The van der Waals surface area contributed by atoms with Crippen molar-refractivity contribution in [1.82, 2.24) is 10.7 Å². The lowest BCUT2D eigenvalue weighted by Gasteiger charge is -2.10. The number of ether oxygens (including phenoxy) is 1. The number of hydrogen-bond donors (Lipinski definition) is 3. The molecule has 0 radical (unpaired) electrons. The Morgan fingerprint density at radius 2 is 2.00 bits per heavy atom. The number of nitrogens with zero attached hydrogens (tertiary/aromatic N) is 1. The largest absolute Gasteiger partial charge is 0.376 e. The molecule has 92 valence electrons. The molecule has 0 aromatic carbocycles. The maximum absolute atomic E-state index is 5.71. The topological polar surface area (TPSA) is 71.7 Å². The summed E-state index contributed by atoms with van der Waals surface area (Å²) in [5, 5.41) is 3.23. The van der Waals surface area contributed by atoms with Crippen molar-refractivity contribution in [2.45, 2.75) is 50.7 Å². The number of nitrogens with two attached hydrogens (primary N) is 1. The molecule has 2 aliphatic carbocycles. The summed E-state index contributed by atoms with van der Waals surface area (Å²) in [6.07, 6.45) is 7.97. The van der Waals surface area contributed by atoms with Gasteiger partial charge >= 0.3 is 0 Å². The summed E-state index contributed by atoms with van der Waals surface area (Å²) in [6, 6.07) is 0.575. The van der Waals surface area contributed by atoms with Crippen molar-refractivity contribution >= 4 is 5.96 Å². The van der Waals surface area contributed by atoms with Crippen molar-refractivity contribution in [3.05, 3.63) is 0 Å². The number of nitrogens with one attached hydrogen (secondary N) is 2. The minimum atomic E-state index is 0.473. The van der Waals surface area contributed by atoms with Crippen LogP contribution in [0.25, 0.3) is 0 Å². The van der Waals surface area contributed by atoms with Crippen molar-refractivity contribution in [2.75, 3.05) is 13.2 Å². The van der Waals surface area contributed by atoms with Gasteiger partial charge in [-0.15, -0.1) is 0 Å². The Morgan fingerprint density at radius 1 is 1.25 bits per heavy atom. The molecule has 5 nitrogen and oxygen atoms in total. The van der Waals surface area contributed by atoms with Crippen molar-refractivity contribution in [1.29, 1.82) is 0 Å². The normalized spacial score (nSPS) is 22.4. The van der Waals surface area contributed by atoms with E-state index in [1.807, 2.05) is 0 Å². The second-order valence-corrected chi connectivity index (χ2v) is 4.57. The molecule has 4 N–H and O–H groups in total. The van der Waals surface area contributed by atoms with E-state index in [9.17, 15) is 0 Å². The van der Waals surface area contributed by atoms with E-state index in [1.54, 1.807) is 0 Å². The second-order valence-electron chi connectivity index (χ2n) is 4.57. The van der Waals surface area contributed by atoms with Gasteiger partial charge in [0.05, 0.1) is 19.3 Å². The molecule has 0 unspecified atom stereocenters. The third kappa shape index (κ3) is 3.98. The van der Waals surface area contributed by atoms with Gasteiger partial charge in [-0.25, -0.2) is 10.8 Å². The Labute approximate surface area is 96.8 Å². The summed E-state index contributed by atoms with van der Waals surface area (Å²) < 4.78 is 5.71. The van der Waals surface area contributed by atoms with E-state index in [-0.39, 0.29) is 0 Å². The summed E-state index contributed by atoms with van der Waals surface area (Å²) in [6.45, 7) is 1.37. The maximum atomic E-state index is 5.71. The Hall–Kier alpha value is -0.810. The van der Waals surface area contributed by atoms with Crippen molar-refractivity contribution in [3.63, 3.8) is 0 Å². The molecule has 0 atom stereocenters. The molecule has 2 rings (SSSR count). The molecule has 2 aliphatic rings. The monoisotopic (exact) mass is 226 g/mol. The highest BCUT2D eigenvalue weighted by molar-refractivity contribution is 5.79. The first-order valence-corrected chi connectivity index (χ1v) is 6.27. The molecule has 5 heteroatoms. The quantitative estimate of drug-likeness (QED) is 0.210. The van der Waals surface area contributed by atoms with Gasteiger partial charge in [0.2, 0.25) is 5.96 Å². The number of guanidine groups is 1. The first kappa shape index (κ1) is 11.7. The molecule has 0 aromatic heterocycles. The van der Waals surface area contributed by atoms with Crippen LogP contribution in [0.3, 0.4) is 0 Å². The summed E-state index contributed by atoms with van der Waals surface area (Å²) in [7, 11) is 0. The van der Waals surface area contributed by atoms with Crippen LogP contribution in [0.15, 0.2) is 4.99 Å². The standard InChI is InChI=1S/C11H22N4O/c12-15-11(14-9-5-6-9)13-7-8-16-10-3-1-2-4-10/h9-10H,1-8,12H2,(H2,13,14,15). The van der Waals surface area contributed by atoms with Crippen LogP contribution in [-0.2, 0) is 4.74 Å². The summed E-state index contributed by atoms with van der Waals surface area (Å²) >= 11 is 0. The fourth-order valence-corrected chi connectivity index (χ4v) is 1.99. The molecule has 0 heterocycles. The van der Waals surface area contributed by atoms with Gasteiger partial charge in [-0.3, -0.25) is 5.43 Å². The van der Waals surface area contributed by atoms with E-state index >= 15 is 0 Å². The first-order valence-electron chi connectivity index (χ1n) is 6.27. The molecule has 2 saturated carbocycles. The van der Waals surface area contributed by atoms with Crippen LogP contribution in [-0.4, -0.2) is 31.3 Å². The minimum absolute atomic E-state index is 0.473. The lowest BCUT2D eigenvalue weighted by molar-refractivity contribution is 0.0643. The van der Waals surface area contributed by atoms with E-state index in [0.29, 0.717) is 31.3 Å². The van der Waals surface area contributed by atoms with Gasteiger partial charge in [-0.05, 0) is 25.7 Å². The van der Waals surface area contributed by atoms with E-state index in [0.717, 1.165) is 0 Å². The third-order valence-electron chi connectivity index (χ3n) is 3.07. The lowest BCUT2D eigenvalue weighted by Crippen LogP contribution is -2.42. The van der Waals surface area contributed by atoms with E-state index in [4.69, 9.17) is 10.6 Å². The van der Waals surface area contributed by atoms with Gasteiger partial charge in [0.25, 0.3) is 0 Å². The number of rotatable bonds is 5. The Morgan fingerprint density at radius 3 is 2.62 bits per heavy atom. The Bertz CT molecular complexity index is 234. The van der Waals surface area contributed by atoms with Crippen LogP contribution in [0.4, 0.5) is 0 Å². The number of hydrazine groups is 1. The van der Waals surface area contributed by atoms with Crippen LogP contribution in [0, 0.1) is 0 Å². The van der Waals surface area contributed by atoms with E-state index in [2.05, 4.69) is 15.7 Å². The fraction of sp³-hybridized carbons (Fsp3) is 0.909. The Balaban J connectivity index is 1.58. The van der Waals surface area contributed by atoms with Crippen LogP contribution >= 0.6 is 0 Å². The van der Waals surface area contributed by atoms with Crippen LogP contribution in [0.5, 0.6) is 0 Å². The highest BCUT2D eigenvalue weighted by Gasteiger charge is 2.21. The van der Waals surface area contributed by atoms with Crippen LogP contribution in [0.1, 0.15) is 38.5 Å². The number of hydrogen-bond acceptors (Lipinski definition) is 3. The molecule has 0 saturated heterocycles. The molecule has 0 spiro atoms. The van der Waals surface area contributed by atoms with Crippen molar-refractivity contribution < 1.29 is 4.74 Å². The van der Waals surface area contributed by atoms with Crippen LogP contribution < -0.4 is 16.6 Å². The molecule has 0 bridgehead atoms. The molecular weight excluding hydrogens is 204 g/mol. The smallest absolute Gasteiger partial charge is 0.206 e. The first-order chi connectivity index (χ1) is 7.88. The molecule has 2 fully saturated rings. The highest BCUT2D eigenvalue weighted by Crippen LogP contribution is 2.20. The average Bonchev–Trinajstić information content (AvgIpc) is 2.96. The van der Waals surface area contributed by atoms with Gasteiger partial charge < -0.3 is 10.1 Å². The number of aliphatic imine (C=N–C) groups is 1. The fourth-order valence-electron chi connectivity index (χ4n) is 1.99. The predicted molar refractivity (Wildman–Crippen MR) is 64.0 cm³/mol. The zero-order chi connectivity index (χ0) is 11.2. The Kier molecular flexibility index (Phi) is 4.42. The van der Waals surface area contributed by atoms with Crippen molar-refractivity contribution in [3.8, 4) is 0 Å². The SMILES string of the molecule is NNC(=NCCOC1CCCC1)NC1CC1. The summed E-state index contributed by atoms with van der Waals surface area (Å²) in [5.74, 6) is 6.06.